The maximum atomic E-state index is 14.2. The zero-order chi connectivity index (χ0) is 47.8. The number of urea groups is 1. The van der Waals surface area contributed by atoms with Gasteiger partial charge in [-0.2, -0.15) is 0 Å². The second-order valence-corrected chi connectivity index (χ2v) is 16.8. The summed E-state index contributed by atoms with van der Waals surface area (Å²) in [5.41, 5.74) is 6.41. The minimum Gasteiger partial charge on any atom is -0.368 e. The molecule has 1 aromatic heterocycles. The molecule has 1 saturated carbocycles. The largest absolute Gasteiger partial charge is 0.368 e. The third kappa shape index (κ3) is 13.9. The first-order chi connectivity index (χ1) is 31.7. The van der Waals surface area contributed by atoms with Gasteiger partial charge in [0.25, 0.3) is 11.8 Å². The summed E-state index contributed by atoms with van der Waals surface area (Å²) in [6.45, 7) is 4.17. The SMILES string of the molecule is CCC[C@H](NC(=O)[C@@H]1CN(C(=O)Nc2ccccc2)C[C@@H]1NC(=O)[C@@H](NC(=O)[C@@H](NC(=O)c1cnccn1)C1CCCCC1)C(C)C)C(=O)C(=O)NCC(=O)N[C@H](C(N)=O)c1ccccc1. The number of carbonyl (C=O) groups excluding carboxylic acids is 9. The summed E-state index contributed by atoms with van der Waals surface area (Å²) in [7, 11) is 0. The number of rotatable bonds is 20. The fraction of sp³-hybridized carbons (Fsp3) is 0.457. The van der Waals surface area contributed by atoms with Gasteiger partial charge in [0, 0.05) is 31.2 Å². The summed E-state index contributed by atoms with van der Waals surface area (Å²) in [5, 5.41) is 18.6. The number of amides is 9. The smallest absolute Gasteiger partial charge is 0.321 e. The van der Waals surface area contributed by atoms with E-state index in [1.807, 2.05) is 0 Å². The first-order valence-electron chi connectivity index (χ1n) is 22.2. The Balaban J connectivity index is 1.29. The number of nitrogens with one attached hydrogen (secondary N) is 7. The fourth-order valence-corrected chi connectivity index (χ4v) is 8.07. The van der Waals surface area contributed by atoms with Gasteiger partial charge in [-0.25, -0.2) is 9.78 Å². The van der Waals surface area contributed by atoms with Crippen LogP contribution in [0.25, 0.3) is 0 Å². The summed E-state index contributed by atoms with van der Waals surface area (Å²) in [5.74, 6) is -8.24. The number of likely N-dealkylation sites (tertiary alicyclic amines) is 1. The Morgan fingerprint density at radius 3 is 2.11 bits per heavy atom. The molecule has 9 amide bonds. The van der Waals surface area contributed by atoms with Gasteiger partial charge < -0.3 is 47.9 Å². The predicted molar refractivity (Wildman–Crippen MR) is 240 cm³/mol. The molecule has 352 valence electrons. The molecule has 20 nitrogen and oxygen atoms in total. The van der Waals surface area contributed by atoms with Crippen LogP contribution in [-0.2, 0) is 33.6 Å². The molecule has 0 bridgehead atoms. The second-order valence-electron chi connectivity index (χ2n) is 16.8. The van der Waals surface area contributed by atoms with E-state index in [0.717, 1.165) is 19.3 Å². The maximum absolute atomic E-state index is 14.2. The van der Waals surface area contributed by atoms with Crippen molar-refractivity contribution in [2.45, 2.75) is 95.9 Å². The topological polar surface area (TPSA) is 293 Å². The van der Waals surface area contributed by atoms with Crippen LogP contribution in [0.5, 0.6) is 0 Å². The van der Waals surface area contributed by atoms with Gasteiger partial charge in [0.2, 0.25) is 35.3 Å². The van der Waals surface area contributed by atoms with E-state index >= 15 is 0 Å². The molecule has 0 unspecified atom stereocenters. The highest BCUT2D eigenvalue weighted by atomic mass is 16.2. The lowest BCUT2D eigenvalue weighted by Gasteiger charge is -2.32. The molecule has 0 radical (unpaired) electrons. The summed E-state index contributed by atoms with van der Waals surface area (Å²) in [4.78, 5) is 130. The highest BCUT2D eigenvalue weighted by molar-refractivity contribution is 6.38. The van der Waals surface area contributed by atoms with E-state index in [2.05, 4.69) is 47.2 Å². The maximum Gasteiger partial charge on any atom is 0.321 e. The molecule has 3 aromatic rings. The zero-order valence-corrected chi connectivity index (χ0v) is 37.3. The molecule has 0 spiro atoms. The molecule has 2 aliphatic rings. The Kier molecular flexibility index (Phi) is 18.2. The summed E-state index contributed by atoms with van der Waals surface area (Å²) in [6, 6.07) is 10.5. The van der Waals surface area contributed by atoms with Crippen molar-refractivity contribution in [3.63, 3.8) is 0 Å². The molecule has 9 N–H and O–H groups in total. The van der Waals surface area contributed by atoms with Crippen LogP contribution in [0, 0.1) is 17.8 Å². The Hall–Kier alpha value is -7.25. The number of ketones is 1. The molecule has 1 aliphatic heterocycles. The van der Waals surface area contributed by atoms with Crippen molar-refractivity contribution in [2.75, 3.05) is 25.0 Å². The summed E-state index contributed by atoms with van der Waals surface area (Å²) in [6.07, 6.45) is 8.55. The quantitative estimate of drug-likeness (QED) is 0.0747. The lowest BCUT2D eigenvalue weighted by atomic mass is 9.83. The number of nitrogens with zero attached hydrogens (tertiary/aromatic N) is 3. The van der Waals surface area contributed by atoms with Crippen molar-refractivity contribution in [3.05, 3.63) is 90.5 Å². The van der Waals surface area contributed by atoms with Crippen molar-refractivity contribution < 1.29 is 43.2 Å². The second kappa shape index (κ2) is 24.2. The molecule has 20 heteroatoms. The van der Waals surface area contributed by atoms with Crippen molar-refractivity contribution >= 4 is 58.9 Å². The van der Waals surface area contributed by atoms with E-state index in [0.29, 0.717) is 30.5 Å². The van der Waals surface area contributed by atoms with E-state index in [9.17, 15) is 43.2 Å². The van der Waals surface area contributed by atoms with E-state index in [4.69, 9.17) is 5.73 Å². The number of nitrogens with two attached hydrogens (primary N) is 1. The van der Waals surface area contributed by atoms with Gasteiger partial charge in [0.1, 0.15) is 23.8 Å². The monoisotopic (exact) mass is 909 g/mol. The molecule has 2 heterocycles. The lowest BCUT2D eigenvalue weighted by molar-refractivity contribution is -0.141. The van der Waals surface area contributed by atoms with Crippen molar-refractivity contribution in [3.8, 4) is 0 Å². The molecule has 2 aromatic carbocycles. The standard InChI is InChI=1S/C46H59N11O9/c1-4-14-32(39(59)45(65)50-24-35(58)54-37(40(47)60)28-15-8-5-9-16-28)52-41(61)31-25-57(46(66)51-30-19-12-7-13-20-30)26-34(31)53-43(63)36(27(2)3)55-44(64)38(29-17-10-6-11-18-29)56-42(62)33-23-48-21-22-49-33/h5,7-9,12-13,15-16,19-23,27,29,31-32,34,36-38H,4,6,10-11,14,17-18,24-26H2,1-3H3,(H2,47,60)(H,50,65)(H,51,66)(H,52,61)(H,53,63)(H,54,58)(H,55,64)(H,56,62)/t31-,32+,34+,36+,37+,38+/m1/s1. The van der Waals surface area contributed by atoms with E-state index < -0.39 is 102 Å². The highest BCUT2D eigenvalue weighted by Gasteiger charge is 2.43. The first-order valence-corrected chi connectivity index (χ1v) is 22.2. The zero-order valence-electron chi connectivity index (χ0n) is 37.3. The molecular formula is C46H59N11O9. The highest BCUT2D eigenvalue weighted by Crippen LogP contribution is 2.27. The van der Waals surface area contributed by atoms with Crippen LogP contribution in [0.4, 0.5) is 10.5 Å². The van der Waals surface area contributed by atoms with Gasteiger partial charge >= 0.3 is 6.03 Å². The number of Topliss-reactive ketones (excluding diaryl/α,β-unsaturated/α-hetero) is 1. The molecule has 1 aliphatic carbocycles. The fourth-order valence-electron chi connectivity index (χ4n) is 8.07. The number of carbonyl (C=O) groups is 9. The number of primary amides is 1. The third-order valence-electron chi connectivity index (χ3n) is 11.6. The van der Waals surface area contributed by atoms with Crippen LogP contribution in [0.15, 0.2) is 79.3 Å². The molecule has 6 atom stereocenters. The number of aromatic nitrogens is 2. The van der Waals surface area contributed by atoms with Gasteiger partial charge in [-0.1, -0.05) is 95.0 Å². The van der Waals surface area contributed by atoms with Gasteiger partial charge in [-0.3, -0.25) is 43.3 Å². The van der Waals surface area contributed by atoms with Crippen molar-refractivity contribution in [2.24, 2.45) is 23.5 Å². The third-order valence-corrected chi connectivity index (χ3v) is 11.6. The predicted octanol–water partition coefficient (Wildman–Crippen LogP) is 1.26. The summed E-state index contributed by atoms with van der Waals surface area (Å²) >= 11 is 0. The number of para-hydroxylation sites is 1. The minimum atomic E-state index is -1.35. The van der Waals surface area contributed by atoms with Gasteiger partial charge in [0.15, 0.2) is 0 Å². The average molecular weight is 910 g/mol. The van der Waals surface area contributed by atoms with Crippen LogP contribution >= 0.6 is 0 Å². The van der Waals surface area contributed by atoms with E-state index in [1.165, 1.54) is 23.5 Å². The Morgan fingerprint density at radius 1 is 0.803 bits per heavy atom. The van der Waals surface area contributed by atoms with Crippen LogP contribution in [0.3, 0.4) is 0 Å². The molecule has 66 heavy (non-hydrogen) atoms. The van der Waals surface area contributed by atoms with E-state index in [-0.39, 0.29) is 31.1 Å². The van der Waals surface area contributed by atoms with Crippen LogP contribution in [0.2, 0.25) is 0 Å². The van der Waals surface area contributed by atoms with Crippen LogP contribution in [-0.4, -0.2) is 112 Å². The van der Waals surface area contributed by atoms with Crippen molar-refractivity contribution in [1.29, 1.82) is 0 Å². The Bertz CT molecular complexity index is 2190. The number of hydrogen-bond donors (Lipinski definition) is 8. The van der Waals surface area contributed by atoms with Crippen LogP contribution < -0.4 is 43.0 Å². The Labute approximate surface area is 382 Å². The Morgan fingerprint density at radius 2 is 1.48 bits per heavy atom. The lowest BCUT2D eigenvalue weighted by Crippen LogP contribution is -2.59. The first kappa shape index (κ1) is 49.8. The average Bonchev–Trinajstić information content (AvgIpc) is 3.75. The normalized spacial score (nSPS) is 17.8. The molecule has 2 fully saturated rings. The number of benzene rings is 2. The molecule has 1 saturated heterocycles. The summed E-state index contributed by atoms with van der Waals surface area (Å²) < 4.78 is 0. The van der Waals surface area contributed by atoms with Gasteiger partial charge in [-0.15, -0.1) is 0 Å². The van der Waals surface area contributed by atoms with E-state index in [1.54, 1.807) is 81.4 Å². The van der Waals surface area contributed by atoms with Gasteiger partial charge in [-0.05, 0) is 48.8 Å². The minimum absolute atomic E-state index is 0.0286. The molecule has 5 rings (SSSR count). The number of hydrogen-bond acceptors (Lipinski definition) is 11. The van der Waals surface area contributed by atoms with Gasteiger partial charge in [0.05, 0.1) is 30.7 Å². The van der Waals surface area contributed by atoms with Crippen molar-refractivity contribution in [1.82, 2.24) is 46.8 Å². The van der Waals surface area contributed by atoms with Crippen LogP contribution in [0.1, 0.15) is 87.8 Å². The molecular weight excluding hydrogens is 851 g/mol. The number of anilines is 1.